The van der Waals surface area contributed by atoms with Gasteiger partial charge in [-0.15, -0.1) is 5.10 Å². The molecule has 1 aliphatic rings. The summed E-state index contributed by atoms with van der Waals surface area (Å²) in [6.07, 6.45) is 0. The largest absolute Gasteiger partial charge is 0.497 e. The van der Waals surface area contributed by atoms with Gasteiger partial charge in [-0.25, -0.2) is 4.68 Å². The highest BCUT2D eigenvalue weighted by atomic mass is 16.5. The summed E-state index contributed by atoms with van der Waals surface area (Å²) in [6, 6.07) is 19.2. The van der Waals surface area contributed by atoms with E-state index in [-0.39, 0.29) is 0 Å². The van der Waals surface area contributed by atoms with Crippen molar-refractivity contribution in [3.63, 3.8) is 0 Å². The Hall–Kier alpha value is -2.77. The van der Waals surface area contributed by atoms with E-state index in [1.165, 1.54) is 24.2 Å². The number of methoxy groups -OCH3 is 1. The molecule has 0 radical (unpaired) electrons. The highest BCUT2D eigenvalue weighted by molar-refractivity contribution is 5.27. The average Bonchev–Trinajstić information content (AvgIpc) is 3.23. The summed E-state index contributed by atoms with van der Waals surface area (Å²) >= 11 is 0. The Balaban J connectivity index is 1.43. The molecule has 4 rings (SSSR count). The summed E-state index contributed by atoms with van der Waals surface area (Å²) < 4.78 is 7.25. The lowest BCUT2D eigenvalue weighted by Gasteiger charge is -2.35. The molecule has 2 heterocycles. The van der Waals surface area contributed by atoms with Gasteiger partial charge in [0.2, 0.25) is 5.82 Å². The lowest BCUT2D eigenvalue weighted by atomic mass is 10.0. The van der Waals surface area contributed by atoms with E-state index >= 15 is 0 Å². The molecule has 1 aliphatic heterocycles. The predicted molar refractivity (Wildman–Crippen MR) is 119 cm³/mol. The van der Waals surface area contributed by atoms with Crippen LogP contribution in [0.4, 0.5) is 0 Å². The quantitative estimate of drug-likeness (QED) is 0.552. The van der Waals surface area contributed by atoms with Gasteiger partial charge in [-0.2, -0.15) is 0 Å². The number of hydrogen-bond acceptors (Lipinski definition) is 4. The number of tetrazole rings is 1. The molecule has 1 aromatic heterocycles. The maximum absolute atomic E-state index is 5.27. The Kier molecular flexibility index (Phi) is 6.94. The predicted octanol–water partition coefficient (Wildman–Crippen LogP) is 0.411. The van der Waals surface area contributed by atoms with Gasteiger partial charge in [-0.3, -0.25) is 0 Å². The van der Waals surface area contributed by atoms with Crippen LogP contribution in [0.15, 0.2) is 54.6 Å². The summed E-state index contributed by atoms with van der Waals surface area (Å²) in [5, 5.41) is 12.8. The smallest absolute Gasteiger partial charge is 0.209 e. The van der Waals surface area contributed by atoms with Crippen LogP contribution in [0.5, 0.6) is 5.75 Å². The first-order valence-electron chi connectivity index (χ1n) is 11.2. The Labute approximate surface area is 184 Å². The summed E-state index contributed by atoms with van der Waals surface area (Å²) in [7, 11) is 1.69. The molecule has 1 saturated heterocycles. The Bertz CT molecular complexity index is 932. The van der Waals surface area contributed by atoms with E-state index in [4.69, 9.17) is 4.74 Å². The SMILES string of the molecule is COc1ccc(Cn2nnnc2[C@H](C(C)C)[NH+]2CC[NH+](Cc3ccccc3)CC2)cc1. The number of nitrogens with zero attached hydrogens (tertiary/aromatic N) is 4. The van der Waals surface area contributed by atoms with Gasteiger partial charge < -0.3 is 14.5 Å². The molecular formula is C24H34N6O+2. The van der Waals surface area contributed by atoms with E-state index in [1.807, 2.05) is 16.8 Å². The third-order valence-corrected chi connectivity index (χ3v) is 6.33. The number of hydrogen-bond donors (Lipinski definition) is 2. The molecule has 0 saturated carbocycles. The number of aromatic nitrogens is 4. The molecule has 0 spiro atoms. The maximum Gasteiger partial charge on any atom is 0.209 e. The molecule has 0 amide bonds. The molecule has 1 fully saturated rings. The monoisotopic (exact) mass is 422 g/mol. The van der Waals surface area contributed by atoms with Crippen molar-refractivity contribution in [2.24, 2.45) is 5.92 Å². The van der Waals surface area contributed by atoms with Crippen molar-refractivity contribution >= 4 is 0 Å². The molecule has 2 N–H and O–H groups in total. The number of benzene rings is 2. The van der Waals surface area contributed by atoms with Crippen LogP contribution in [0.2, 0.25) is 0 Å². The molecular weight excluding hydrogens is 388 g/mol. The number of rotatable bonds is 8. The number of piperazine rings is 1. The van der Waals surface area contributed by atoms with Gasteiger partial charge in [0.25, 0.3) is 0 Å². The zero-order valence-corrected chi connectivity index (χ0v) is 18.8. The van der Waals surface area contributed by atoms with Crippen LogP contribution in [0.25, 0.3) is 0 Å². The van der Waals surface area contributed by atoms with Crippen LogP contribution in [-0.4, -0.2) is 53.5 Å². The summed E-state index contributed by atoms with van der Waals surface area (Å²) in [5.41, 5.74) is 2.59. The van der Waals surface area contributed by atoms with Gasteiger partial charge in [0.15, 0.2) is 6.04 Å². The number of nitrogens with one attached hydrogen (secondary N) is 2. The molecule has 7 heteroatoms. The van der Waals surface area contributed by atoms with E-state index in [0.717, 1.165) is 31.2 Å². The molecule has 31 heavy (non-hydrogen) atoms. The minimum Gasteiger partial charge on any atom is -0.497 e. The second-order valence-electron chi connectivity index (χ2n) is 8.84. The zero-order valence-electron chi connectivity index (χ0n) is 18.8. The van der Waals surface area contributed by atoms with E-state index in [0.29, 0.717) is 18.5 Å². The third-order valence-electron chi connectivity index (χ3n) is 6.33. The van der Waals surface area contributed by atoms with Crippen LogP contribution in [0.3, 0.4) is 0 Å². The lowest BCUT2D eigenvalue weighted by Crippen LogP contribution is -3.27. The standard InChI is InChI=1S/C24H32N6O/c1-19(2)23(29-15-13-28(14-16-29)17-20-7-5-4-6-8-20)24-25-26-27-30(24)18-21-9-11-22(31-3)12-10-21/h4-12,19,23H,13-18H2,1-3H3/p+2/t23-/m0/s1. The van der Waals surface area contributed by atoms with Gasteiger partial charge in [0.1, 0.15) is 38.5 Å². The number of quaternary nitrogens is 2. The molecule has 0 bridgehead atoms. The van der Waals surface area contributed by atoms with Crippen molar-refractivity contribution in [3.05, 3.63) is 71.5 Å². The van der Waals surface area contributed by atoms with E-state index in [9.17, 15) is 0 Å². The lowest BCUT2D eigenvalue weighted by molar-refractivity contribution is -1.03. The van der Waals surface area contributed by atoms with Crippen molar-refractivity contribution in [1.82, 2.24) is 20.2 Å². The van der Waals surface area contributed by atoms with E-state index < -0.39 is 0 Å². The molecule has 2 aromatic carbocycles. The van der Waals surface area contributed by atoms with Crippen LogP contribution in [0.1, 0.15) is 36.8 Å². The molecule has 0 unspecified atom stereocenters. The van der Waals surface area contributed by atoms with Crippen molar-refractivity contribution < 1.29 is 14.5 Å². The molecule has 164 valence electrons. The average molecular weight is 423 g/mol. The normalized spacial score (nSPS) is 20.0. The highest BCUT2D eigenvalue weighted by Gasteiger charge is 2.36. The van der Waals surface area contributed by atoms with Crippen LogP contribution in [0, 0.1) is 5.92 Å². The highest BCUT2D eigenvalue weighted by Crippen LogP contribution is 2.18. The van der Waals surface area contributed by atoms with Crippen molar-refractivity contribution in [2.75, 3.05) is 33.3 Å². The topological polar surface area (TPSA) is 61.7 Å². The molecule has 7 nitrogen and oxygen atoms in total. The second kappa shape index (κ2) is 10.0. The fraction of sp³-hybridized carbons (Fsp3) is 0.458. The first kappa shape index (κ1) is 21.5. The summed E-state index contributed by atoms with van der Waals surface area (Å²) in [6.45, 7) is 11.0. The Morgan fingerprint density at radius 3 is 2.29 bits per heavy atom. The first-order valence-corrected chi connectivity index (χ1v) is 11.2. The first-order chi connectivity index (χ1) is 15.1. The second-order valence-corrected chi connectivity index (χ2v) is 8.84. The van der Waals surface area contributed by atoms with Crippen molar-refractivity contribution in [1.29, 1.82) is 0 Å². The Morgan fingerprint density at radius 1 is 0.935 bits per heavy atom. The van der Waals surface area contributed by atoms with Crippen LogP contribution < -0.4 is 14.5 Å². The maximum atomic E-state index is 5.27. The van der Waals surface area contributed by atoms with Gasteiger partial charge >= 0.3 is 0 Å². The fourth-order valence-corrected chi connectivity index (χ4v) is 4.70. The fourth-order valence-electron chi connectivity index (χ4n) is 4.70. The van der Waals surface area contributed by atoms with Gasteiger partial charge in [-0.1, -0.05) is 56.3 Å². The van der Waals surface area contributed by atoms with E-state index in [2.05, 4.69) is 71.8 Å². The summed E-state index contributed by atoms with van der Waals surface area (Å²) in [5.74, 6) is 2.32. The summed E-state index contributed by atoms with van der Waals surface area (Å²) in [4.78, 5) is 3.26. The minimum atomic E-state index is 0.298. The number of ether oxygens (including phenoxy) is 1. The van der Waals surface area contributed by atoms with Gasteiger partial charge in [0, 0.05) is 11.5 Å². The van der Waals surface area contributed by atoms with E-state index in [1.54, 1.807) is 16.9 Å². The molecule has 3 aromatic rings. The van der Waals surface area contributed by atoms with Gasteiger partial charge in [-0.05, 0) is 28.1 Å². The van der Waals surface area contributed by atoms with Crippen LogP contribution in [-0.2, 0) is 13.1 Å². The minimum absolute atomic E-state index is 0.298. The van der Waals surface area contributed by atoms with Crippen LogP contribution >= 0.6 is 0 Å². The van der Waals surface area contributed by atoms with Crippen molar-refractivity contribution in [3.8, 4) is 5.75 Å². The molecule has 0 aliphatic carbocycles. The Morgan fingerprint density at radius 2 is 1.65 bits per heavy atom. The zero-order chi connectivity index (χ0) is 21.6. The molecule has 1 atom stereocenters. The van der Waals surface area contributed by atoms with Gasteiger partial charge in [0.05, 0.1) is 13.7 Å². The van der Waals surface area contributed by atoms with Crippen molar-refractivity contribution in [2.45, 2.75) is 33.0 Å². The third kappa shape index (κ3) is 5.29.